The molecule has 0 fully saturated rings. The molecular weight excluding hydrogens is 717 g/mol. The monoisotopic (exact) mass is 809 g/mol. The predicted octanol–water partition coefficient (Wildman–Crippen LogP) is 16.3. The Labute approximate surface area is 359 Å². The van der Waals surface area contributed by atoms with Crippen molar-refractivity contribution in [2.45, 2.75) is 232 Å². The predicted molar refractivity (Wildman–Crippen MR) is 251 cm³/mol. The lowest BCUT2D eigenvalue weighted by molar-refractivity contribution is -0.163. The van der Waals surface area contributed by atoms with Gasteiger partial charge in [0.25, 0.3) is 0 Å². The van der Waals surface area contributed by atoms with Gasteiger partial charge in [0.2, 0.25) is 0 Å². The maximum Gasteiger partial charge on any atom is 0.306 e. The van der Waals surface area contributed by atoms with Gasteiger partial charge in [0, 0.05) is 19.4 Å². The van der Waals surface area contributed by atoms with Crippen molar-refractivity contribution < 1.29 is 23.8 Å². The van der Waals surface area contributed by atoms with Crippen LogP contribution in [-0.2, 0) is 23.8 Å². The van der Waals surface area contributed by atoms with Crippen molar-refractivity contribution in [2.75, 3.05) is 19.8 Å². The fraction of sp³-hybridized carbons (Fsp3) is 0.736. The molecule has 5 nitrogen and oxygen atoms in total. The van der Waals surface area contributed by atoms with Crippen LogP contribution in [0, 0.1) is 0 Å². The van der Waals surface area contributed by atoms with E-state index < -0.39 is 6.10 Å². The lowest BCUT2D eigenvalue weighted by Gasteiger charge is -2.18. The van der Waals surface area contributed by atoms with Crippen molar-refractivity contribution in [2.24, 2.45) is 0 Å². The summed E-state index contributed by atoms with van der Waals surface area (Å²) in [5.41, 5.74) is 0. The highest BCUT2D eigenvalue weighted by Crippen LogP contribution is 2.13. The highest BCUT2D eigenvalue weighted by molar-refractivity contribution is 5.70. The van der Waals surface area contributed by atoms with E-state index in [4.69, 9.17) is 14.2 Å². The minimum atomic E-state index is -0.549. The van der Waals surface area contributed by atoms with Gasteiger partial charge in [-0.2, -0.15) is 0 Å². The molecular formula is C53H92O5. The SMILES string of the molecule is CC/C=C\C/C=C\C/C=C\CCCCCCCC(=O)OC(COCCCCCCCCCC)COC(=O)CCCCCCCC/C=C\C/C=C\C/C=C\CCCCC. The molecule has 1 atom stereocenters. The molecule has 0 heterocycles. The van der Waals surface area contributed by atoms with Crippen LogP contribution in [-0.4, -0.2) is 37.9 Å². The first-order chi connectivity index (χ1) is 28.6. The second kappa shape index (κ2) is 48.7. The fourth-order valence-electron chi connectivity index (χ4n) is 6.59. The molecule has 1 unspecified atom stereocenters. The first-order valence-electron chi connectivity index (χ1n) is 24.5. The summed E-state index contributed by atoms with van der Waals surface area (Å²) >= 11 is 0. The Bertz CT molecular complexity index is 1050. The number of hydrogen-bond donors (Lipinski definition) is 0. The number of ether oxygens (including phenoxy) is 3. The van der Waals surface area contributed by atoms with Crippen LogP contribution in [0.4, 0.5) is 0 Å². The summed E-state index contributed by atoms with van der Waals surface area (Å²) < 4.78 is 17.3. The number of carbonyl (C=O) groups excluding carboxylic acids is 2. The largest absolute Gasteiger partial charge is 0.462 e. The van der Waals surface area contributed by atoms with E-state index >= 15 is 0 Å². The molecule has 0 aliphatic heterocycles. The molecule has 5 heteroatoms. The maximum atomic E-state index is 12.7. The number of allylic oxidation sites excluding steroid dienone is 12. The Morgan fingerprint density at radius 1 is 0.397 bits per heavy atom. The Morgan fingerprint density at radius 2 is 0.776 bits per heavy atom. The van der Waals surface area contributed by atoms with Gasteiger partial charge in [-0.3, -0.25) is 9.59 Å². The van der Waals surface area contributed by atoms with Gasteiger partial charge in [0.1, 0.15) is 6.61 Å². The summed E-state index contributed by atoms with van der Waals surface area (Å²) in [6, 6.07) is 0. The van der Waals surface area contributed by atoms with Crippen molar-refractivity contribution in [3.8, 4) is 0 Å². The minimum absolute atomic E-state index is 0.0701. The highest BCUT2D eigenvalue weighted by Gasteiger charge is 2.17. The first kappa shape index (κ1) is 55.3. The van der Waals surface area contributed by atoms with Crippen LogP contribution in [0.15, 0.2) is 72.9 Å². The Hall–Kier alpha value is -2.66. The molecule has 58 heavy (non-hydrogen) atoms. The molecule has 0 aromatic heterocycles. The molecule has 0 saturated carbocycles. The summed E-state index contributed by atoms with van der Waals surface area (Å²) in [5.74, 6) is -0.431. The number of hydrogen-bond acceptors (Lipinski definition) is 5. The number of carbonyl (C=O) groups is 2. The van der Waals surface area contributed by atoms with Crippen molar-refractivity contribution in [1.82, 2.24) is 0 Å². The van der Waals surface area contributed by atoms with Crippen LogP contribution in [0.5, 0.6) is 0 Å². The first-order valence-corrected chi connectivity index (χ1v) is 24.5. The zero-order chi connectivity index (χ0) is 42.1. The highest BCUT2D eigenvalue weighted by atomic mass is 16.6. The summed E-state index contributed by atoms with van der Waals surface area (Å²) in [6.07, 6.45) is 61.9. The van der Waals surface area contributed by atoms with Crippen LogP contribution < -0.4 is 0 Å². The second-order valence-corrected chi connectivity index (χ2v) is 16.0. The van der Waals surface area contributed by atoms with Crippen LogP contribution in [0.1, 0.15) is 226 Å². The van der Waals surface area contributed by atoms with E-state index in [2.05, 4.69) is 93.7 Å². The zero-order valence-electron chi connectivity index (χ0n) is 38.3. The van der Waals surface area contributed by atoms with E-state index in [0.29, 0.717) is 19.4 Å². The van der Waals surface area contributed by atoms with Crippen LogP contribution >= 0.6 is 0 Å². The van der Waals surface area contributed by atoms with Gasteiger partial charge in [-0.1, -0.05) is 196 Å². The van der Waals surface area contributed by atoms with Gasteiger partial charge >= 0.3 is 11.9 Å². The van der Waals surface area contributed by atoms with Crippen molar-refractivity contribution >= 4 is 11.9 Å². The summed E-state index contributed by atoms with van der Waals surface area (Å²) in [4.78, 5) is 25.3. The maximum absolute atomic E-state index is 12.7. The van der Waals surface area contributed by atoms with E-state index in [1.807, 2.05) is 0 Å². The third-order valence-corrected chi connectivity index (χ3v) is 10.2. The average Bonchev–Trinajstić information content (AvgIpc) is 3.22. The van der Waals surface area contributed by atoms with E-state index in [1.165, 1.54) is 96.3 Å². The molecule has 0 N–H and O–H groups in total. The summed E-state index contributed by atoms with van der Waals surface area (Å²) in [5, 5.41) is 0. The fourth-order valence-corrected chi connectivity index (χ4v) is 6.59. The van der Waals surface area contributed by atoms with Gasteiger partial charge in [-0.15, -0.1) is 0 Å². The Balaban J connectivity index is 4.22. The third kappa shape index (κ3) is 46.0. The lowest BCUT2D eigenvalue weighted by Crippen LogP contribution is -2.30. The molecule has 0 rings (SSSR count). The van der Waals surface area contributed by atoms with E-state index in [-0.39, 0.29) is 25.2 Å². The minimum Gasteiger partial charge on any atom is -0.462 e. The number of rotatable bonds is 44. The van der Waals surface area contributed by atoms with Crippen LogP contribution in [0.2, 0.25) is 0 Å². The molecule has 0 spiro atoms. The summed E-state index contributed by atoms with van der Waals surface area (Å²) in [6.45, 7) is 7.64. The average molecular weight is 809 g/mol. The molecule has 0 amide bonds. The van der Waals surface area contributed by atoms with Crippen molar-refractivity contribution in [3.63, 3.8) is 0 Å². The van der Waals surface area contributed by atoms with Gasteiger partial charge in [0.05, 0.1) is 6.61 Å². The van der Waals surface area contributed by atoms with E-state index in [1.54, 1.807) is 0 Å². The number of unbranched alkanes of at least 4 members (excludes halogenated alkanes) is 21. The van der Waals surface area contributed by atoms with Gasteiger partial charge in [-0.05, 0) is 89.9 Å². The van der Waals surface area contributed by atoms with E-state index in [0.717, 1.165) is 96.3 Å². The smallest absolute Gasteiger partial charge is 0.306 e. The molecule has 0 aliphatic rings. The van der Waals surface area contributed by atoms with Gasteiger partial charge in [0.15, 0.2) is 6.10 Å². The van der Waals surface area contributed by atoms with Crippen LogP contribution in [0.25, 0.3) is 0 Å². The summed E-state index contributed by atoms with van der Waals surface area (Å²) in [7, 11) is 0. The van der Waals surface area contributed by atoms with Crippen molar-refractivity contribution in [3.05, 3.63) is 72.9 Å². The molecule has 0 aliphatic carbocycles. The topological polar surface area (TPSA) is 61.8 Å². The Kier molecular flexibility index (Phi) is 46.5. The number of esters is 2. The zero-order valence-corrected chi connectivity index (χ0v) is 38.3. The molecule has 0 saturated heterocycles. The second-order valence-electron chi connectivity index (χ2n) is 16.0. The molecule has 0 bridgehead atoms. The molecule has 334 valence electrons. The molecule has 0 radical (unpaired) electrons. The molecule has 0 aromatic carbocycles. The standard InChI is InChI=1S/C53H92O5/c1-4-7-10-13-16-19-21-23-25-26-27-28-30-31-33-35-37-40-43-46-52(54)57-50-51(49-56-48-45-42-39-18-15-12-9-6-3)58-53(55)47-44-41-38-36-34-32-29-24-22-20-17-14-11-8-5-2/h8,11,16-17,19-20,23-25,27-29,51H,4-7,9-10,12-15,18,21-22,26,30-50H2,1-3H3/b11-8-,19-16-,20-17-,25-23-,28-27-,29-24-. The third-order valence-electron chi connectivity index (χ3n) is 10.2. The quantitative estimate of drug-likeness (QED) is 0.0348. The van der Waals surface area contributed by atoms with Gasteiger partial charge < -0.3 is 14.2 Å². The molecule has 0 aromatic rings. The normalized spacial score (nSPS) is 12.8. The Morgan fingerprint density at radius 3 is 1.28 bits per heavy atom. The van der Waals surface area contributed by atoms with E-state index in [9.17, 15) is 9.59 Å². The van der Waals surface area contributed by atoms with Crippen molar-refractivity contribution in [1.29, 1.82) is 0 Å². The van der Waals surface area contributed by atoms with Gasteiger partial charge in [-0.25, -0.2) is 0 Å². The van der Waals surface area contributed by atoms with Crippen LogP contribution in [0.3, 0.4) is 0 Å². The lowest BCUT2D eigenvalue weighted by atomic mass is 10.1.